The molecule has 5 heteroatoms. The number of nitrogens with zero attached hydrogens (tertiary/aromatic N) is 2. The van der Waals surface area contributed by atoms with Gasteiger partial charge in [0.15, 0.2) is 0 Å². The van der Waals surface area contributed by atoms with E-state index in [2.05, 4.69) is 64.2 Å². The third kappa shape index (κ3) is 5.41. The molecule has 0 spiro atoms. The molecule has 1 heterocycles. The summed E-state index contributed by atoms with van der Waals surface area (Å²) in [6.45, 7) is 2.17. The van der Waals surface area contributed by atoms with Crippen LogP contribution < -0.4 is 4.90 Å². The Kier molecular flexibility index (Phi) is 7.64. The van der Waals surface area contributed by atoms with Crippen LogP contribution in [0.2, 0.25) is 5.02 Å². The number of rotatable bonds is 7. The lowest BCUT2D eigenvalue weighted by Gasteiger charge is -2.37. The van der Waals surface area contributed by atoms with Gasteiger partial charge in [0.2, 0.25) is 5.91 Å². The van der Waals surface area contributed by atoms with Crippen molar-refractivity contribution in [1.82, 2.24) is 4.98 Å². The Bertz CT molecular complexity index is 1040. The second-order valence-electron chi connectivity index (χ2n) is 8.64. The number of anilines is 1. The summed E-state index contributed by atoms with van der Waals surface area (Å²) in [6, 6.07) is 20.5. The van der Waals surface area contributed by atoms with Crippen molar-refractivity contribution < 1.29 is 4.79 Å². The van der Waals surface area contributed by atoms with Gasteiger partial charge in [-0.15, -0.1) is 0 Å². The number of pyridine rings is 1. The highest BCUT2D eigenvalue weighted by atomic mass is 79.9. The van der Waals surface area contributed by atoms with Crippen LogP contribution in [0.5, 0.6) is 0 Å². The normalized spacial score (nSPS) is 16.0. The summed E-state index contributed by atoms with van der Waals surface area (Å²) in [5.74, 6) is 0.428. The molecule has 0 aliphatic heterocycles. The fourth-order valence-electron chi connectivity index (χ4n) is 4.79. The highest BCUT2D eigenvalue weighted by molar-refractivity contribution is 9.10. The van der Waals surface area contributed by atoms with E-state index in [0.29, 0.717) is 0 Å². The van der Waals surface area contributed by atoms with Crippen LogP contribution in [0.3, 0.4) is 0 Å². The monoisotopic (exact) mass is 510 g/mol. The van der Waals surface area contributed by atoms with Crippen LogP contribution in [-0.2, 0) is 11.2 Å². The lowest BCUT2D eigenvalue weighted by atomic mass is 9.85. The smallest absolute Gasteiger partial charge is 0.230 e. The van der Waals surface area contributed by atoms with Crippen molar-refractivity contribution in [2.45, 2.75) is 51.0 Å². The molecule has 166 valence electrons. The molecular weight excluding hydrogens is 484 g/mol. The Hall–Kier alpha value is -2.17. The summed E-state index contributed by atoms with van der Waals surface area (Å²) < 4.78 is 0.875. The standard InChI is InChI=1S/C27H28BrClN2O/c1-19(26(21-7-3-2-4-8-21)15-20-11-13-24(29)14-12-20)31(25-16-23(28)17-30-18-25)27(32)22-9-5-6-10-22/h2-4,7-8,11-14,16-19,22,26H,5-6,9-10,15H2,1H3. The molecular formula is C27H28BrClN2O. The summed E-state index contributed by atoms with van der Waals surface area (Å²) in [5, 5.41) is 0.733. The molecule has 1 aromatic heterocycles. The molecule has 1 saturated carbocycles. The molecule has 3 aromatic rings. The third-order valence-electron chi connectivity index (χ3n) is 6.50. The van der Waals surface area contributed by atoms with Gasteiger partial charge < -0.3 is 4.90 Å². The van der Waals surface area contributed by atoms with Crippen molar-refractivity contribution in [3.05, 3.63) is 93.7 Å². The van der Waals surface area contributed by atoms with Crippen LogP contribution in [0.15, 0.2) is 77.5 Å². The molecule has 2 aromatic carbocycles. The highest BCUT2D eigenvalue weighted by Gasteiger charge is 2.35. The van der Waals surface area contributed by atoms with E-state index in [-0.39, 0.29) is 23.8 Å². The Labute approximate surface area is 204 Å². The molecule has 2 atom stereocenters. The number of hydrogen-bond acceptors (Lipinski definition) is 2. The van der Waals surface area contributed by atoms with E-state index in [1.165, 1.54) is 11.1 Å². The maximum Gasteiger partial charge on any atom is 0.230 e. The predicted molar refractivity (Wildman–Crippen MR) is 135 cm³/mol. The summed E-state index contributed by atoms with van der Waals surface area (Å²) in [4.78, 5) is 20.2. The zero-order chi connectivity index (χ0) is 22.5. The third-order valence-corrected chi connectivity index (χ3v) is 7.18. The summed E-state index contributed by atoms with van der Waals surface area (Å²) in [5.41, 5.74) is 3.28. The van der Waals surface area contributed by atoms with Crippen molar-refractivity contribution in [2.24, 2.45) is 5.92 Å². The fraction of sp³-hybridized carbons (Fsp3) is 0.333. The van der Waals surface area contributed by atoms with Crippen molar-refractivity contribution in [1.29, 1.82) is 0 Å². The lowest BCUT2D eigenvalue weighted by Crippen LogP contribution is -2.45. The first-order valence-corrected chi connectivity index (χ1v) is 12.4. The average Bonchev–Trinajstić information content (AvgIpc) is 3.34. The first kappa shape index (κ1) is 23.0. The van der Waals surface area contributed by atoms with Gasteiger partial charge in [-0.1, -0.05) is 66.9 Å². The molecule has 3 nitrogen and oxygen atoms in total. The van der Waals surface area contributed by atoms with Crippen LogP contribution >= 0.6 is 27.5 Å². The molecule has 2 unspecified atom stereocenters. The quantitative estimate of drug-likeness (QED) is 0.330. The van der Waals surface area contributed by atoms with E-state index in [9.17, 15) is 4.79 Å². The molecule has 1 fully saturated rings. The van der Waals surface area contributed by atoms with E-state index in [4.69, 9.17) is 11.6 Å². The largest absolute Gasteiger partial charge is 0.307 e. The zero-order valence-electron chi connectivity index (χ0n) is 18.3. The molecule has 0 N–H and O–H groups in total. The Morgan fingerprint density at radius 3 is 2.44 bits per heavy atom. The SMILES string of the molecule is CC(C(Cc1ccc(Cl)cc1)c1ccccc1)N(C(=O)C1CCCC1)c1cncc(Br)c1. The molecule has 4 rings (SSSR count). The predicted octanol–water partition coefficient (Wildman–Crippen LogP) is 7.44. The number of halogens is 2. The van der Waals surface area contributed by atoms with Crippen molar-refractivity contribution in [2.75, 3.05) is 4.90 Å². The van der Waals surface area contributed by atoms with E-state index in [0.717, 1.165) is 47.3 Å². The Morgan fingerprint density at radius 2 is 1.78 bits per heavy atom. The number of amides is 1. The first-order valence-electron chi connectivity index (χ1n) is 11.3. The summed E-state index contributed by atoms with van der Waals surface area (Å²) >= 11 is 9.66. The Balaban J connectivity index is 1.73. The van der Waals surface area contributed by atoms with Crippen LogP contribution in [0.4, 0.5) is 5.69 Å². The second kappa shape index (κ2) is 10.6. The minimum Gasteiger partial charge on any atom is -0.307 e. The van der Waals surface area contributed by atoms with Crippen molar-refractivity contribution in [3.63, 3.8) is 0 Å². The van der Waals surface area contributed by atoms with Gasteiger partial charge in [0.05, 0.1) is 11.9 Å². The van der Waals surface area contributed by atoms with E-state index >= 15 is 0 Å². The Morgan fingerprint density at radius 1 is 1.09 bits per heavy atom. The molecule has 1 amide bonds. The van der Waals surface area contributed by atoms with Gasteiger partial charge in [-0.25, -0.2) is 0 Å². The minimum atomic E-state index is -0.0442. The first-order chi connectivity index (χ1) is 15.5. The van der Waals surface area contributed by atoms with Gasteiger partial charge in [-0.3, -0.25) is 9.78 Å². The molecule has 0 bridgehead atoms. The van der Waals surface area contributed by atoms with E-state index in [1.54, 1.807) is 12.4 Å². The summed E-state index contributed by atoms with van der Waals surface area (Å²) in [6.07, 6.45) is 8.57. The highest BCUT2D eigenvalue weighted by Crippen LogP contribution is 2.35. The molecule has 0 radical (unpaired) electrons. The number of carbonyl (C=O) groups is 1. The van der Waals surface area contributed by atoms with Crippen LogP contribution in [0.1, 0.15) is 49.7 Å². The van der Waals surface area contributed by atoms with Gasteiger partial charge in [0.1, 0.15) is 0 Å². The molecule has 32 heavy (non-hydrogen) atoms. The molecule has 1 aliphatic carbocycles. The van der Waals surface area contributed by atoms with Gasteiger partial charge in [0, 0.05) is 33.6 Å². The minimum absolute atomic E-state index is 0.0442. The van der Waals surface area contributed by atoms with Crippen LogP contribution in [0, 0.1) is 5.92 Å². The van der Waals surface area contributed by atoms with Gasteiger partial charge in [0.25, 0.3) is 0 Å². The van der Waals surface area contributed by atoms with Gasteiger partial charge in [-0.05, 0) is 71.4 Å². The number of carbonyl (C=O) groups excluding carboxylic acids is 1. The number of aromatic nitrogens is 1. The topological polar surface area (TPSA) is 33.2 Å². The van der Waals surface area contributed by atoms with E-state index < -0.39 is 0 Å². The number of benzene rings is 2. The molecule has 1 aliphatic rings. The summed E-state index contributed by atoms with van der Waals surface area (Å²) in [7, 11) is 0. The van der Waals surface area contributed by atoms with Crippen molar-refractivity contribution in [3.8, 4) is 0 Å². The van der Waals surface area contributed by atoms with E-state index in [1.807, 2.05) is 29.2 Å². The second-order valence-corrected chi connectivity index (χ2v) is 9.99. The van der Waals surface area contributed by atoms with Crippen LogP contribution in [-0.4, -0.2) is 16.9 Å². The van der Waals surface area contributed by atoms with Gasteiger partial charge in [-0.2, -0.15) is 0 Å². The number of hydrogen-bond donors (Lipinski definition) is 0. The van der Waals surface area contributed by atoms with Gasteiger partial charge >= 0.3 is 0 Å². The lowest BCUT2D eigenvalue weighted by molar-refractivity contribution is -0.122. The zero-order valence-corrected chi connectivity index (χ0v) is 20.6. The maximum atomic E-state index is 13.8. The van der Waals surface area contributed by atoms with Crippen LogP contribution in [0.25, 0.3) is 0 Å². The average molecular weight is 512 g/mol. The maximum absolute atomic E-state index is 13.8. The molecule has 0 saturated heterocycles. The fourth-order valence-corrected chi connectivity index (χ4v) is 5.27. The van der Waals surface area contributed by atoms with Crippen molar-refractivity contribution >= 4 is 39.1 Å².